The van der Waals surface area contributed by atoms with E-state index in [2.05, 4.69) is 18.0 Å². The Labute approximate surface area is 168 Å². The van der Waals surface area contributed by atoms with Crippen molar-refractivity contribution in [3.8, 4) is 22.1 Å². The average Bonchev–Trinajstić information content (AvgIpc) is 3.12. The van der Waals surface area contributed by atoms with Crippen molar-refractivity contribution in [3.05, 3.63) is 64.2 Å². The zero-order chi connectivity index (χ0) is 20.1. The highest BCUT2D eigenvalue weighted by Crippen LogP contribution is 2.30. The van der Waals surface area contributed by atoms with Gasteiger partial charge in [-0.05, 0) is 44.0 Å². The fraction of sp³-hybridized carbons (Fsp3) is 0.273. The lowest BCUT2D eigenvalue weighted by atomic mass is 10.1. The highest BCUT2D eigenvalue weighted by atomic mass is 32.1. The highest BCUT2D eigenvalue weighted by Gasteiger charge is 2.17. The Balaban J connectivity index is 1.63. The van der Waals surface area contributed by atoms with Crippen molar-refractivity contribution in [1.82, 2.24) is 4.98 Å². The van der Waals surface area contributed by atoms with Crippen LogP contribution in [-0.2, 0) is 6.42 Å². The zero-order valence-corrected chi connectivity index (χ0v) is 17.0. The van der Waals surface area contributed by atoms with Crippen LogP contribution >= 0.6 is 11.3 Å². The van der Waals surface area contributed by atoms with Crippen LogP contribution in [0.1, 0.15) is 33.4 Å². The molecule has 0 unspecified atom stereocenters. The molecule has 0 aliphatic rings. The number of hydrogen-bond donors (Lipinski definition) is 1. The molecule has 1 aromatic heterocycles. The molecule has 0 fully saturated rings. The van der Waals surface area contributed by atoms with Gasteiger partial charge in [-0.1, -0.05) is 36.8 Å². The van der Waals surface area contributed by atoms with Crippen molar-refractivity contribution in [3.63, 3.8) is 0 Å². The fourth-order valence-electron chi connectivity index (χ4n) is 2.87. The lowest BCUT2D eigenvalue weighted by Crippen LogP contribution is -2.09. The third-order valence-electron chi connectivity index (χ3n) is 4.25. The second kappa shape index (κ2) is 8.89. The topological polar surface area (TPSA) is 68.7 Å². The monoisotopic (exact) mass is 397 g/mol. The Morgan fingerprint density at radius 2 is 1.89 bits per heavy atom. The third kappa shape index (κ3) is 4.70. The summed E-state index contributed by atoms with van der Waals surface area (Å²) in [6.45, 7) is 6.83. The smallest absolute Gasteiger partial charge is 0.347 e. The molecule has 3 aromatic rings. The van der Waals surface area contributed by atoms with Crippen LogP contribution in [0.25, 0.3) is 10.6 Å². The van der Waals surface area contributed by atoms with Crippen LogP contribution in [0.2, 0.25) is 0 Å². The molecule has 0 aliphatic heterocycles. The van der Waals surface area contributed by atoms with Gasteiger partial charge in [0.05, 0.1) is 5.69 Å². The third-order valence-corrected chi connectivity index (χ3v) is 5.38. The first-order valence-corrected chi connectivity index (χ1v) is 9.96. The molecule has 28 heavy (non-hydrogen) atoms. The van der Waals surface area contributed by atoms with E-state index < -0.39 is 5.97 Å². The van der Waals surface area contributed by atoms with Crippen LogP contribution in [-0.4, -0.2) is 29.3 Å². The standard InChI is InChI=1S/C22H23NO4S/c1-4-18-20(22(24)25)28-21(23-18)16-6-5-7-17(13-16)26-10-11-27-19-9-8-14(2)12-15(19)3/h5-9,12-13H,4,10-11H2,1-3H3,(H,24,25). The van der Waals surface area contributed by atoms with Gasteiger partial charge in [-0.3, -0.25) is 0 Å². The lowest BCUT2D eigenvalue weighted by molar-refractivity contribution is 0.0701. The molecule has 3 rings (SSSR count). The molecule has 0 aliphatic carbocycles. The summed E-state index contributed by atoms with van der Waals surface area (Å²) in [5, 5.41) is 10.0. The Hall–Kier alpha value is -2.86. The summed E-state index contributed by atoms with van der Waals surface area (Å²) < 4.78 is 11.6. The number of aryl methyl sites for hydroxylation is 3. The summed E-state index contributed by atoms with van der Waals surface area (Å²) >= 11 is 1.19. The van der Waals surface area contributed by atoms with Crippen molar-refractivity contribution in [2.45, 2.75) is 27.2 Å². The molecule has 0 bridgehead atoms. The van der Waals surface area contributed by atoms with Gasteiger partial charge in [-0.2, -0.15) is 0 Å². The van der Waals surface area contributed by atoms with Gasteiger partial charge in [-0.15, -0.1) is 11.3 Å². The summed E-state index contributed by atoms with van der Waals surface area (Å²) in [6, 6.07) is 13.6. The minimum Gasteiger partial charge on any atom is -0.490 e. The molecule has 0 spiro atoms. The predicted molar refractivity (Wildman–Crippen MR) is 111 cm³/mol. The van der Waals surface area contributed by atoms with E-state index in [0.29, 0.717) is 41.0 Å². The number of hydrogen-bond acceptors (Lipinski definition) is 5. The number of carbonyl (C=O) groups is 1. The van der Waals surface area contributed by atoms with Crippen molar-refractivity contribution in [1.29, 1.82) is 0 Å². The quantitative estimate of drug-likeness (QED) is 0.533. The molecule has 2 aromatic carbocycles. The van der Waals surface area contributed by atoms with E-state index in [9.17, 15) is 9.90 Å². The van der Waals surface area contributed by atoms with Crippen LogP contribution in [0, 0.1) is 13.8 Å². The van der Waals surface area contributed by atoms with Crippen LogP contribution in [0.3, 0.4) is 0 Å². The number of carboxylic acid groups (broad SMARTS) is 1. The number of rotatable bonds is 8. The van der Waals surface area contributed by atoms with Gasteiger partial charge >= 0.3 is 5.97 Å². The summed E-state index contributed by atoms with van der Waals surface area (Å²) in [7, 11) is 0. The molecule has 0 saturated carbocycles. The van der Waals surface area contributed by atoms with Gasteiger partial charge in [0.1, 0.15) is 34.6 Å². The molecular formula is C22H23NO4S. The zero-order valence-electron chi connectivity index (χ0n) is 16.2. The molecule has 5 nitrogen and oxygen atoms in total. The minimum absolute atomic E-state index is 0.297. The number of carboxylic acids is 1. The Morgan fingerprint density at radius 3 is 2.57 bits per heavy atom. The SMILES string of the molecule is CCc1nc(-c2cccc(OCCOc3ccc(C)cc3C)c2)sc1C(=O)O. The summed E-state index contributed by atoms with van der Waals surface area (Å²) in [5.74, 6) is 0.627. The van der Waals surface area contributed by atoms with Gasteiger partial charge in [0.25, 0.3) is 0 Å². The molecular weight excluding hydrogens is 374 g/mol. The number of ether oxygens (including phenoxy) is 2. The maximum Gasteiger partial charge on any atom is 0.347 e. The van der Waals surface area contributed by atoms with Gasteiger partial charge in [0, 0.05) is 5.56 Å². The number of thiazole rings is 1. The Bertz CT molecular complexity index is 980. The molecule has 0 saturated heterocycles. The largest absolute Gasteiger partial charge is 0.490 e. The van der Waals surface area contributed by atoms with E-state index in [1.54, 1.807) is 0 Å². The van der Waals surface area contributed by atoms with E-state index in [4.69, 9.17) is 9.47 Å². The highest BCUT2D eigenvalue weighted by molar-refractivity contribution is 7.17. The first-order valence-electron chi connectivity index (χ1n) is 9.14. The van der Waals surface area contributed by atoms with Crippen molar-refractivity contribution < 1.29 is 19.4 Å². The number of aromatic carboxylic acids is 1. The molecule has 1 heterocycles. The van der Waals surface area contributed by atoms with E-state index in [0.717, 1.165) is 16.9 Å². The van der Waals surface area contributed by atoms with Gasteiger partial charge in [0.2, 0.25) is 0 Å². The van der Waals surface area contributed by atoms with Crippen molar-refractivity contribution in [2.75, 3.05) is 13.2 Å². The predicted octanol–water partition coefficient (Wildman–Crippen LogP) is 5.15. The molecule has 146 valence electrons. The van der Waals surface area contributed by atoms with Crippen LogP contribution < -0.4 is 9.47 Å². The molecule has 0 radical (unpaired) electrons. The van der Waals surface area contributed by atoms with Gasteiger partial charge in [-0.25, -0.2) is 9.78 Å². The summed E-state index contributed by atoms with van der Waals surface area (Å²) in [5.41, 5.74) is 3.77. The number of benzene rings is 2. The van der Waals surface area contributed by atoms with E-state index in [-0.39, 0.29) is 0 Å². The molecule has 1 N–H and O–H groups in total. The normalized spacial score (nSPS) is 10.7. The first-order chi connectivity index (χ1) is 13.5. The van der Waals surface area contributed by atoms with Gasteiger partial charge in [0.15, 0.2) is 0 Å². The van der Waals surface area contributed by atoms with Crippen LogP contribution in [0.4, 0.5) is 0 Å². The molecule has 0 amide bonds. The van der Waals surface area contributed by atoms with Crippen LogP contribution in [0.15, 0.2) is 42.5 Å². The summed E-state index contributed by atoms with van der Waals surface area (Å²) in [4.78, 5) is 16.1. The summed E-state index contributed by atoms with van der Waals surface area (Å²) in [6.07, 6.45) is 0.587. The number of nitrogens with zero attached hydrogens (tertiary/aromatic N) is 1. The van der Waals surface area contributed by atoms with Crippen molar-refractivity contribution >= 4 is 17.3 Å². The number of aromatic nitrogens is 1. The second-order valence-corrected chi connectivity index (χ2v) is 7.45. The lowest BCUT2D eigenvalue weighted by Gasteiger charge is -2.11. The maximum absolute atomic E-state index is 11.4. The van der Waals surface area contributed by atoms with E-state index in [1.165, 1.54) is 16.9 Å². The van der Waals surface area contributed by atoms with Crippen LogP contribution in [0.5, 0.6) is 11.5 Å². The molecule has 0 atom stereocenters. The average molecular weight is 397 g/mol. The molecule has 6 heteroatoms. The van der Waals surface area contributed by atoms with Crippen molar-refractivity contribution in [2.24, 2.45) is 0 Å². The minimum atomic E-state index is -0.934. The first kappa shape index (κ1) is 19.9. The fourth-order valence-corrected chi connectivity index (χ4v) is 3.86. The second-order valence-electron chi connectivity index (χ2n) is 6.45. The Kier molecular flexibility index (Phi) is 6.31. The van der Waals surface area contributed by atoms with Gasteiger partial charge < -0.3 is 14.6 Å². The Morgan fingerprint density at radius 1 is 1.11 bits per heavy atom. The van der Waals surface area contributed by atoms with E-state index >= 15 is 0 Å². The van der Waals surface area contributed by atoms with E-state index in [1.807, 2.05) is 50.2 Å². The maximum atomic E-state index is 11.4.